The van der Waals surface area contributed by atoms with Crippen molar-refractivity contribution >= 4 is 34.6 Å². The fourth-order valence-electron chi connectivity index (χ4n) is 2.63. The molecular weight excluding hydrogens is 295 g/mol. The molecule has 4 heteroatoms. The summed E-state index contributed by atoms with van der Waals surface area (Å²) >= 11 is 1.78. The Morgan fingerprint density at radius 2 is 2.00 bits per heavy atom. The first kappa shape index (κ1) is 13.5. The smallest absolute Gasteiger partial charge is 0.125 e. The fourth-order valence-corrected chi connectivity index (χ4v) is 3.74. The zero-order chi connectivity index (χ0) is 14.9. The Kier molecular flexibility index (Phi) is 3.39. The molecule has 0 fully saturated rings. The molecule has 0 radical (unpaired) electrons. The van der Waals surface area contributed by atoms with Crippen LogP contribution in [0.4, 0.5) is 10.1 Å². The highest BCUT2D eigenvalue weighted by Gasteiger charge is 2.20. The van der Waals surface area contributed by atoms with Crippen LogP contribution in [0.3, 0.4) is 0 Å². The van der Waals surface area contributed by atoms with Gasteiger partial charge in [0, 0.05) is 29.8 Å². The molecule has 3 aromatic rings. The second-order valence-electron chi connectivity index (χ2n) is 5.17. The van der Waals surface area contributed by atoms with Gasteiger partial charge in [-0.2, -0.15) is 0 Å². The molecule has 0 N–H and O–H groups in total. The SMILES string of the molecule is Fc1ccc2c(N=Cc3ccccc3)c3c(nc2c1)CCS3. The highest BCUT2D eigenvalue weighted by atomic mass is 32.2. The number of rotatable bonds is 2. The second-order valence-corrected chi connectivity index (χ2v) is 6.27. The van der Waals surface area contributed by atoms with Crippen LogP contribution in [0.15, 0.2) is 58.4 Å². The van der Waals surface area contributed by atoms with Gasteiger partial charge < -0.3 is 0 Å². The molecular formula is C18H13FN2S. The van der Waals surface area contributed by atoms with E-state index in [1.54, 1.807) is 17.8 Å². The maximum atomic E-state index is 13.5. The van der Waals surface area contributed by atoms with Gasteiger partial charge in [-0.25, -0.2) is 4.39 Å². The number of aryl methyl sites for hydroxylation is 1. The van der Waals surface area contributed by atoms with E-state index in [1.807, 2.05) is 36.5 Å². The van der Waals surface area contributed by atoms with Crippen LogP contribution in [0.1, 0.15) is 11.3 Å². The van der Waals surface area contributed by atoms with Crippen LogP contribution in [0.2, 0.25) is 0 Å². The largest absolute Gasteiger partial charge is 0.254 e. The van der Waals surface area contributed by atoms with Crippen molar-refractivity contribution in [3.05, 3.63) is 65.6 Å². The zero-order valence-electron chi connectivity index (χ0n) is 11.8. The van der Waals surface area contributed by atoms with E-state index in [-0.39, 0.29) is 5.82 Å². The fraction of sp³-hybridized carbons (Fsp3) is 0.111. The third-order valence-corrected chi connectivity index (χ3v) is 4.80. The molecule has 0 spiro atoms. The summed E-state index contributed by atoms with van der Waals surface area (Å²) in [6, 6.07) is 14.7. The molecule has 2 aromatic carbocycles. The van der Waals surface area contributed by atoms with Crippen molar-refractivity contribution in [1.82, 2.24) is 4.98 Å². The molecule has 2 nitrogen and oxygen atoms in total. The third-order valence-electron chi connectivity index (χ3n) is 3.68. The van der Waals surface area contributed by atoms with E-state index in [0.29, 0.717) is 5.52 Å². The van der Waals surface area contributed by atoms with Crippen molar-refractivity contribution in [2.45, 2.75) is 11.3 Å². The van der Waals surface area contributed by atoms with E-state index >= 15 is 0 Å². The average Bonchev–Trinajstić information content (AvgIpc) is 3.00. The molecule has 1 aliphatic heterocycles. The van der Waals surface area contributed by atoms with Gasteiger partial charge in [0.2, 0.25) is 0 Å². The van der Waals surface area contributed by atoms with E-state index in [1.165, 1.54) is 12.1 Å². The van der Waals surface area contributed by atoms with Crippen molar-refractivity contribution in [3.63, 3.8) is 0 Å². The Morgan fingerprint density at radius 1 is 1.14 bits per heavy atom. The van der Waals surface area contributed by atoms with Gasteiger partial charge in [0.05, 0.1) is 21.8 Å². The Hall–Kier alpha value is -2.20. The Morgan fingerprint density at radius 3 is 2.86 bits per heavy atom. The first-order valence-corrected chi connectivity index (χ1v) is 8.14. The van der Waals surface area contributed by atoms with Gasteiger partial charge in [-0.1, -0.05) is 30.3 Å². The Bertz CT molecular complexity index is 875. The minimum absolute atomic E-state index is 0.261. The van der Waals surface area contributed by atoms with E-state index in [9.17, 15) is 4.39 Å². The molecule has 2 heterocycles. The Balaban J connectivity index is 1.90. The minimum Gasteiger partial charge on any atom is -0.254 e. The topological polar surface area (TPSA) is 25.2 Å². The number of pyridine rings is 1. The maximum absolute atomic E-state index is 13.5. The van der Waals surface area contributed by atoms with Crippen molar-refractivity contribution in [3.8, 4) is 0 Å². The molecule has 0 atom stereocenters. The first-order chi connectivity index (χ1) is 10.8. The van der Waals surface area contributed by atoms with Crippen LogP contribution >= 0.6 is 11.8 Å². The van der Waals surface area contributed by atoms with Crippen LogP contribution in [0.5, 0.6) is 0 Å². The lowest BCUT2D eigenvalue weighted by Crippen LogP contribution is -1.91. The molecule has 108 valence electrons. The zero-order valence-corrected chi connectivity index (χ0v) is 12.6. The second kappa shape index (κ2) is 5.54. The normalized spacial score (nSPS) is 13.9. The molecule has 1 aromatic heterocycles. The van der Waals surface area contributed by atoms with E-state index in [0.717, 1.165) is 39.4 Å². The van der Waals surface area contributed by atoms with Gasteiger partial charge in [-0.15, -0.1) is 11.8 Å². The highest BCUT2D eigenvalue weighted by Crippen LogP contribution is 2.42. The van der Waals surface area contributed by atoms with Crippen molar-refractivity contribution in [1.29, 1.82) is 0 Å². The summed E-state index contributed by atoms with van der Waals surface area (Å²) in [7, 11) is 0. The highest BCUT2D eigenvalue weighted by molar-refractivity contribution is 7.99. The quantitative estimate of drug-likeness (QED) is 0.637. The molecule has 0 amide bonds. The molecule has 22 heavy (non-hydrogen) atoms. The van der Waals surface area contributed by atoms with Gasteiger partial charge >= 0.3 is 0 Å². The monoisotopic (exact) mass is 308 g/mol. The summed E-state index contributed by atoms with van der Waals surface area (Å²) < 4.78 is 13.5. The number of benzene rings is 2. The number of aliphatic imine (C=N–C) groups is 1. The van der Waals surface area contributed by atoms with Gasteiger partial charge in [0.25, 0.3) is 0 Å². The number of fused-ring (bicyclic) bond motifs is 2. The lowest BCUT2D eigenvalue weighted by atomic mass is 10.1. The van der Waals surface area contributed by atoms with Crippen LogP contribution in [0, 0.1) is 5.82 Å². The van der Waals surface area contributed by atoms with Crippen LogP contribution in [-0.4, -0.2) is 17.0 Å². The Labute approximate surface area is 132 Å². The van der Waals surface area contributed by atoms with Crippen molar-refractivity contribution in [2.75, 3.05) is 5.75 Å². The summed E-state index contributed by atoms with van der Waals surface area (Å²) in [6.45, 7) is 0. The standard InChI is InChI=1S/C18H13FN2S/c19-13-6-7-14-16(10-13)21-15-8-9-22-18(15)17(14)20-11-12-4-2-1-3-5-12/h1-7,10-11H,8-9H2. The summed E-state index contributed by atoms with van der Waals surface area (Å²) in [6.07, 6.45) is 2.78. The molecule has 0 bridgehead atoms. The maximum Gasteiger partial charge on any atom is 0.125 e. The summed E-state index contributed by atoms with van der Waals surface area (Å²) in [5.74, 6) is 0.748. The average molecular weight is 308 g/mol. The predicted molar refractivity (Wildman–Crippen MR) is 89.8 cm³/mol. The number of hydrogen-bond donors (Lipinski definition) is 0. The number of nitrogens with zero attached hydrogens (tertiary/aromatic N) is 2. The lowest BCUT2D eigenvalue weighted by molar-refractivity contribution is 0.629. The van der Waals surface area contributed by atoms with Crippen molar-refractivity contribution in [2.24, 2.45) is 4.99 Å². The van der Waals surface area contributed by atoms with Gasteiger partial charge in [-0.3, -0.25) is 9.98 Å². The van der Waals surface area contributed by atoms with E-state index < -0.39 is 0 Å². The first-order valence-electron chi connectivity index (χ1n) is 7.15. The van der Waals surface area contributed by atoms with Crippen molar-refractivity contribution < 1.29 is 4.39 Å². The molecule has 0 unspecified atom stereocenters. The third kappa shape index (κ3) is 2.40. The summed E-state index contributed by atoms with van der Waals surface area (Å²) in [5.41, 5.74) is 3.67. The number of thioether (sulfide) groups is 1. The minimum atomic E-state index is -0.261. The summed E-state index contributed by atoms with van der Waals surface area (Å²) in [4.78, 5) is 10.4. The number of aromatic nitrogens is 1. The van der Waals surface area contributed by atoms with Gasteiger partial charge in [0.15, 0.2) is 0 Å². The predicted octanol–water partition coefficient (Wildman–Crippen LogP) is 4.77. The van der Waals surface area contributed by atoms with Gasteiger partial charge in [0.1, 0.15) is 5.82 Å². The molecule has 1 aliphatic rings. The molecule has 0 saturated heterocycles. The van der Waals surface area contributed by atoms with E-state index in [2.05, 4.69) is 4.98 Å². The molecule has 0 saturated carbocycles. The number of halogens is 1. The molecule has 4 rings (SSSR count). The van der Waals surface area contributed by atoms with E-state index in [4.69, 9.17) is 4.99 Å². The van der Waals surface area contributed by atoms with Crippen LogP contribution in [0.25, 0.3) is 10.9 Å². The molecule has 0 aliphatic carbocycles. The number of hydrogen-bond acceptors (Lipinski definition) is 3. The van der Waals surface area contributed by atoms with Crippen LogP contribution in [-0.2, 0) is 6.42 Å². The summed E-state index contributed by atoms with van der Waals surface area (Å²) in [5, 5.41) is 0.904. The van der Waals surface area contributed by atoms with Gasteiger partial charge in [-0.05, 0) is 17.7 Å². The lowest BCUT2D eigenvalue weighted by Gasteiger charge is -2.08. The van der Waals surface area contributed by atoms with Crippen LogP contribution < -0.4 is 0 Å².